The zero-order valence-corrected chi connectivity index (χ0v) is 16.8. The molecule has 2 aliphatic rings. The highest BCUT2D eigenvalue weighted by atomic mass is 32.2. The van der Waals surface area contributed by atoms with Crippen molar-refractivity contribution in [2.24, 2.45) is 0 Å². The van der Waals surface area contributed by atoms with E-state index in [0.717, 1.165) is 5.56 Å². The Morgan fingerprint density at radius 1 is 1.32 bits per heavy atom. The second-order valence-electron chi connectivity index (χ2n) is 7.29. The number of fused-ring (bicyclic) bond motifs is 1. The van der Waals surface area contributed by atoms with Crippen molar-refractivity contribution in [1.29, 1.82) is 0 Å². The van der Waals surface area contributed by atoms with Crippen LogP contribution in [-0.2, 0) is 30.3 Å². The highest BCUT2D eigenvalue weighted by Crippen LogP contribution is 2.47. The number of hydrogen-bond acceptors (Lipinski definition) is 6. The number of carbonyl (C=O) groups is 4. The maximum absolute atomic E-state index is 12.4. The molecule has 7 nitrogen and oxygen atoms in total. The van der Waals surface area contributed by atoms with E-state index in [1.54, 1.807) is 16.7 Å². The summed E-state index contributed by atoms with van der Waals surface area (Å²) in [5.74, 6) is -0.880. The second kappa shape index (κ2) is 8.34. The van der Waals surface area contributed by atoms with Crippen molar-refractivity contribution in [3.8, 4) is 0 Å². The molecule has 0 aliphatic carbocycles. The van der Waals surface area contributed by atoms with E-state index in [0.29, 0.717) is 25.0 Å². The summed E-state index contributed by atoms with van der Waals surface area (Å²) in [5, 5.41) is 2.62. The van der Waals surface area contributed by atoms with Crippen molar-refractivity contribution in [3.63, 3.8) is 0 Å². The van der Waals surface area contributed by atoms with Crippen LogP contribution in [0.4, 0.5) is 0 Å². The molecule has 0 radical (unpaired) electrons. The van der Waals surface area contributed by atoms with Gasteiger partial charge in [0.05, 0.1) is 10.9 Å². The van der Waals surface area contributed by atoms with Crippen LogP contribution in [0, 0.1) is 0 Å². The Morgan fingerprint density at radius 2 is 2.04 bits per heavy atom. The van der Waals surface area contributed by atoms with E-state index in [2.05, 4.69) is 5.32 Å². The number of nitrogens with one attached hydrogen (secondary N) is 1. The topological polar surface area (TPSA) is 92.8 Å². The highest BCUT2D eigenvalue weighted by molar-refractivity contribution is 8.01. The lowest BCUT2D eigenvalue weighted by molar-refractivity contribution is -0.156. The number of thioether (sulfide) groups is 1. The predicted octanol–water partition coefficient (Wildman–Crippen LogP) is 1.30. The minimum atomic E-state index is -0.681. The fraction of sp³-hybridized carbons (Fsp3) is 0.500. The Labute approximate surface area is 168 Å². The summed E-state index contributed by atoms with van der Waals surface area (Å²) < 4.78 is 5.15. The van der Waals surface area contributed by atoms with Crippen molar-refractivity contribution in [1.82, 2.24) is 10.2 Å². The van der Waals surface area contributed by atoms with E-state index in [1.165, 1.54) is 6.92 Å². The number of amides is 2. The first kappa shape index (κ1) is 20.4. The zero-order valence-electron chi connectivity index (χ0n) is 16.0. The van der Waals surface area contributed by atoms with Gasteiger partial charge < -0.3 is 15.0 Å². The van der Waals surface area contributed by atoms with E-state index in [1.807, 2.05) is 37.3 Å². The number of rotatable bonds is 7. The van der Waals surface area contributed by atoms with Crippen LogP contribution < -0.4 is 5.32 Å². The molecule has 3 rings (SSSR count). The van der Waals surface area contributed by atoms with Crippen LogP contribution >= 0.6 is 11.8 Å². The summed E-state index contributed by atoms with van der Waals surface area (Å²) in [6, 6.07) is 8.02. The van der Waals surface area contributed by atoms with Crippen LogP contribution in [0.3, 0.4) is 0 Å². The van der Waals surface area contributed by atoms with E-state index in [9.17, 15) is 19.2 Å². The standard InChI is InChI=1S/C20H24N2O5S/c1-13(23)15(10-14-6-4-3-5-7-14)21-17(24)11-27-19(26)16-12-28-20(2)9-8-18(25)22(16)20/h3-7,15-16H,8-12H2,1-2H3,(H,21,24)/t15-,16+,20+/m1/s1. The molecule has 8 heteroatoms. The lowest BCUT2D eigenvalue weighted by atomic mass is 10.0. The van der Waals surface area contributed by atoms with Gasteiger partial charge in [0, 0.05) is 12.2 Å². The van der Waals surface area contributed by atoms with Gasteiger partial charge in [-0.3, -0.25) is 14.4 Å². The Morgan fingerprint density at radius 3 is 2.71 bits per heavy atom. The van der Waals surface area contributed by atoms with Gasteiger partial charge in [0.25, 0.3) is 5.91 Å². The number of ketones is 1. The molecule has 28 heavy (non-hydrogen) atoms. The molecule has 0 spiro atoms. The number of nitrogens with zero attached hydrogens (tertiary/aromatic N) is 1. The number of carbonyl (C=O) groups excluding carboxylic acids is 4. The maximum Gasteiger partial charge on any atom is 0.330 e. The van der Waals surface area contributed by atoms with E-state index < -0.39 is 30.6 Å². The largest absolute Gasteiger partial charge is 0.454 e. The molecule has 150 valence electrons. The predicted molar refractivity (Wildman–Crippen MR) is 104 cm³/mol. The summed E-state index contributed by atoms with van der Waals surface area (Å²) in [5.41, 5.74) is 0.926. The summed E-state index contributed by atoms with van der Waals surface area (Å²) in [7, 11) is 0. The molecule has 1 aromatic carbocycles. The van der Waals surface area contributed by atoms with Gasteiger partial charge in [-0.25, -0.2) is 4.79 Å². The minimum Gasteiger partial charge on any atom is -0.454 e. The van der Waals surface area contributed by atoms with Crippen molar-refractivity contribution in [3.05, 3.63) is 35.9 Å². The highest BCUT2D eigenvalue weighted by Gasteiger charge is 2.53. The third-order valence-electron chi connectivity index (χ3n) is 5.17. The Balaban J connectivity index is 1.52. The van der Waals surface area contributed by atoms with Gasteiger partial charge >= 0.3 is 5.97 Å². The number of benzene rings is 1. The Bertz CT molecular complexity index is 784. The molecule has 1 aromatic rings. The van der Waals surface area contributed by atoms with Crippen molar-refractivity contribution < 1.29 is 23.9 Å². The molecule has 0 bridgehead atoms. The van der Waals surface area contributed by atoms with Gasteiger partial charge in [0.2, 0.25) is 5.91 Å². The van der Waals surface area contributed by atoms with Crippen LogP contribution in [0.15, 0.2) is 30.3 Å². The molecule has 3 atom stereocenters. The van der Waals surface area contributed by atoms with Gasteiger partial charge in [-0.2, -0.15) is 0 Å². The van der Waals surface area contributed by atoms with Gasteiger partial charge in [-0.15, -0.1) is 11.8 Å². The fourth-order valence-electron chi connectivity index (χ4n) is 3.61. The van der Waals surface area contributed by atoms with E-state index in [-0.39, 0.29) is 16.6 Å². The van der Waals surface area contributed by atoms with Crippen LogP contribution in [0.5, 0.6) is 0 Å². The molecule has 2 saturated heterocycles. The van der Waals surface area contributed by atoms with Crippen molar-refractivity contribution in [2.45, 2.75) is 50.1 Å². The first-order valence-electron chi connectivity index (χ1n) is 9.26. The number of esters is 1. The van der Waals surface area contributed by atoms with E-state index in [4.69, 9.17) is 4.74 Å². The normalized spacial score (nSPS) is 24.6. The minimum absolute atomic E-state index is 0.0570. The lowest BCUT2D eigenvalue weighted by Gasteiger charge is -2.29. The van der Waals surface area contributed by atoms with Crippen LogP contribution in [-0.4, -0.2) is 57.8 Å². The van der Waals surface area contributed by atoms with Crippen molar-refractivity contribution >= 4 is 35.3 Å². The summed E-state index contributed by atoms with van der Waals surface area (Å²) >= 11 is 1.56. The van der Waals surface area contributed by atoms with Gasteiger partial charge in [-0.1, -0.05) is 30.3 Å². The van der Waals surface area contributed by atoms with Crippen LogP contribution in [0.1, 0.15) is 32.3 Å². The average Bonchev–Trinajstić information content (AvgIpc) is 3.16. The number of ether oxygens (including phenoxy) is 1. The maximum atomic E-state index is 12.4. The second-order valence-corrected chi connectivity index (χ2v) is 8.80. The molecule has 2 fully saturated rings. The molecular weight excluding hydrogens is 380 g/mol. The van der Waals surface area contributed by atoms with E-state index >= 15 is 0 Å². The molecule has 0 aromatic heterocycles. The first-order valence-corrected chi connectivity index (χ1v) is 10.3. The summed E-state index contributed by atoms with van der Waals surface area (Å²) in [4.78, 5) is 49.8. The SMILES string of the molecule is CC(=O)[C@@H](Cc1ccccc1)NC(=O)COC(=O)[C@@H]1CS[C@@]2(C)CCC(=O)N12. The van der Waals surface area contributed by atoms with Gasteiger partial charge in [-0.05, 0) is 32.3 Å². The zero-order chi connectivity index (χ0) is 20.3. The number of hydrogen-bond donors (Lipinski definition) is 1. The first-order chi connectivity index (χ1) is 13.3. The molecule has 0 saturated carbocycles. The smallest absolute Gasteiger partial charge is 0.330 e. The van der Waals surface area contributed by atoms with Crippen molar-refractivity contribution in [2.75, 3.05) is 12.4 Å². The Hall–Kier alpha value is -2.35. The quantitative estimate of drug-likeness (QED) is 0.689. The Kier molecular flexibility index (Phi) is 6.07. The lowest BCUT2D eigenvalue weighted by Crippen LogP contribution is -2.48. The van der Waals surface area contributed by atoms with Crippen LogP contribution in [0.25, 0.3) is 0 Å². The van der Waals surface area contributed by atoms with Crippen LogP contribution in [0.2, 0.25) is 0 Å². The molecule has 2 aliphatic heterocycles. The fourth-order valence-corrected chi connectivity index (χ4v) is 5.03. The average molecular weight is 404 g/mol. The monoisotopic (exact) mass is 404 g/mol. The molecular formula is C20H24N2O5S. The third-order valence-corrected chi connectivity index (χ3v) is 6.68. The summed E-state index contributed by atoms with van der Waals surface area (Å²) in [6.45, 7) is 2.89. The summed E-state index contributed by atoms with van der Waals surface area (Å²) in [6.07, 6.45) is 1.50. The molecule has 0 unspecified atom stereocenters. The number of Topliss-reactive ketones (excluding diaryl/α,β-unsaturated/α-hetero) is 1. The molecule has 1 N–H and O–H groups in total. The molecule has 2 amide bonds. The van der Waals surface area contributed by atoms with Gasteiger partial charge in [0.1, 0.15) is 6.04 Å². The van der Waals surface area contributed by atoms with Gasteiger partial charge in [0.15, 0.2) is 12.4 Å². The molecule has 2 heterocycles. The third kappa shape index (κ3) is 4.38.